The highest BCUT2D eigenvalue weighted by molar-refractivity contribution is 7.80. The van der Waals surface area contributed by atoms with Gasteiger partial charge in [-0.1, -0.05) is 0 Å². The van der Waals surface area contributed by atoms with E-state index < -0.39 is 0 Å². The number of anilines is 1. The molecule has 0 atom stereocenters. The molecule has 2 N–H and O–H groups in total. The molecule has 16 heavy (non-hydrogen) atoms. The minimum atomic E-state index is -0.315. The van der Waals surface area contributed by atoms with E-state index in [1.54, 1.807) is 38.2 Å². The molecule has 0 aliphatic carbocycles. The number of ether oxygens (including phenoxy) is 1. The summed E-state index contributed by atoms with van der Waals surface area (Å²) >= 11 is 4.95. The Bertz CT molecular complexity index is 376. The summed E-state index contributed by atoms with van der Waals surface area (Å²) in [5, 5.41) is 6.29. The van der Waals surface area contributed by atoms with Crippen molar-refractivity contribution >= 4 is 29.0 Å². The lowest BCUT2D eigenvalue weighted by molar-refractivity contribution is 0.0526. The summed E-state index contributed by atoms with van der Waals surface area (Å²) in [6, 6.07) is 6.93. The van der Waals surface area contributed by atoms with E-state index in [4.69, 9.17) is 17.0 Å². The molecule has 1 aromatic rings. The molecule has 0 aliphatic heterocycles. The summed E-state index contributed by atoms with van der Waals surface area (Å²) in [5.74, 6) is -0.315. The van der Waals surface area contributed by atoms with Crippen LogP contribution in [0.4, 0.5) is 5.69 Å². The normalized spacial score (nSPS) is 9.38. The largest absolute Gasteiger partial charge is 0.462 e. The molecule has 0 aromatic heterocycles. The van der Waals surface area contributed by atoms with E-state index in [2.05, 4.69) is 10.6 Å². The Hall–Kier alpha value is -1.62. The van der Waals surface area contributed by atoms with Crippen LogP contribution in [0.3, 0.4) is 0 Å². The summed E-state index contributed by atoms with van der Waals surface area (Å²) < 4.78 is 4.87. The molecule has 4 nitrogen and oxygen atoms in total. The molecule has 0 heterocycles. The molecule has 0 unspecified atom stereocenters. The van der Waals surface area contributed by atoms with Crippen LogP contribution in [-0.2, 0) is 4.74 Å². The van der Waals surface area contributed by atoms with Crippen LogP contribution in [0.5, 0.6) is 0 Å². The molecule has 0 fully saturated rings. The van der Waals surface area contributed by atoms with E-state index >= 15 is 0 Å². The molecule has 0 saturated heterocycles. The summed E-state index contributed by atoms with van der Waals surface area (Å²) in [4.78, 5) is 11.4. The molecular weight excluding hydrogens is 224 g/mol. The predicted octanol–water partition coefficient (Wildman–Crippen LogP) is 1.78. The molecule has 5 heteroatoms. The highest BCUT2D eigenvalue weighted by Crippen LogP contribution is 2.10. The van der Waals surface area contributed by atoms with Gasteiger partial charge in [0.15, 0.2) is 5.11 Å². The molecule has 86 valence electrons. The van der Waals surface area contributed by atoms with Crippen molar-refractivity contribution in [1.29, 1.82) is 0 Å². The SMILES string of the molecule is CCOC(=O)c1ccc(NC(=S)NC)cc1. The first-order chi connectivity index (χ1) is 7.67. The fourth-order valence-electron chi connectivity index (χ4n) is 1.10. The fraction of sp³-hybridized carbons (Fsp3) is 0.273. The monoisotopic (exact) mass is 238 g/mol. The van der Waals surface area contributed by atoms with E-state index in [0.717, 1.165) is 5.69 Å². The van der Waals surface area contributed by atoms with Crippen LogP contribution >= 0.6 is 12.2 Å². The standard InChI is InChI=1S/C11H14N2O2S/c1-3-15-10(14)8-4-6-9(7-5-8)13-11(16)12-2/h4-7H,3H2,1-2H3,(H2,12,13,16). The van der Waals surface area contributed by atoms with Crippen molar-refractivity contribution in [2.45, 2.75) is 6.92 Å². The van der Waals surface area contributed by atoms with Gasteiger partial charge in [-0.2, -0.15) is 0 Å². The molecule has 0 radical (unpaired) electrons. The van der Waals surface area contributed by atoms with Gasteiger partial charge in [0.25, 0.3) is 0 Å². The number of esters is 1. The van der Waals surface area contributed by atoms with E-state index in [1.807, 2.05) is 0 Å². The zero-order valence-corrected chi connectivity index (χ0v) is 10.1. The summed E-state index contributed by atoms with van der Waals surface area (Å²) in [7, 11) is 1.74. The third kappa shape index (κ3) is 3.51. The first-order valence-electron chi connectivity index (χ1n) is 4.93. The van der Waals surface area contributed by atoms with Crippen molar-refractivity contribution in [3.63, 3.8) is 0 Å². The first kappa shape index (κ1) is 12.4. The Morgan fingerprint density at radius 3 is 2.50 bits per heavy atom. The van der Waals surface area contributed by atoms with Gasteiger partial charge < -0.3 is 15.4 Å². The van der Waals surface area contributed by atoms with Crippen LogP contribution in [0, 0.1) is 0 Å². The van der Waals surface area contributed by atoms with Crippen LogP contribution in [0.2, 0.25) is 0 Å². The van der Waals surface area contributed by atoms with Gasteiger partial charge in [0.05, 0.1) is 12.2 Å². The highest BCUT2D eigenvalue weighted by Gasteiger charge is 2.05. The smallest absolute Gasteiger partial charge is 0.338 e. The molecule has 1 rings (SSSR count). The van der Waals surface area contributed by atoms with Crippen LogP contribution in [0.25, 0.3) is 0 Å². The number of benzene rings is 1. The number of rotatable bonds is 3. The van der Waals surface area contributed by atoms with E-state index in [1.165, 1.54) is 0 Å². The second kappa shape index (κ2) is 6.07. The summed E-state index contributed by atoms with van der Waals surface area (Å²) in [5.41, 5.74) is 1.36. The molecular formula is C11H14N2O2S. The molecule has 0 bridgehead atoms. The van der Waals surface area contributed by atoms with Gasteiger partial charge in [-0.25, -0.2) is 4.79 Å². The number of carbonyl (C=O) groups is 1. The van der Waals surface area contributed by atoms with Gasteiger partial charge in [0, 0.05) is 12.7 Å². The van der Waals surface area contributed by atoms with Crippen molar-refractivity contribution < 1.29 is 9.53 Å². The van der Waals surface area contributed by atoms with Crippen LogP contribution < -0.4 is 10.6 Å². The number of hydrogen-bond donors (Lipinski definition) is 2. The van der Waals surface area contributed by atoms with Crippen molar-refractivity contribution in [1.82, 2.24) is 5.32 Å². The average Bonchev–Trinajstić information content (AvgIpc) is 2.30. The van der Waals surface area contributed by atoms with Crippen molar-refractivity contribution in [3.05, 3.63) is 29.8 Å². The van der Waals surface area contributed by atoms with Crippen molar-refractivity contribution in [2.24, 2.45) is 0 Å². The second-order valence-electron chi connectivity index (χ2n) is 3.00. The minimum absolute atomic E-state index is 0.315. The van der Waals surface area contributed by atoms with Gasteiger partial charge in [0.2, 0.25) is 0 Å². The van der Waals surface area contributed by atoms with Crippen LogP contribution in [-0.4, -0.2) is 24.7 Å². The Morgan fingerprint density at radius 2 is 2.00 bits per heavy atom. The average molecular weight is 238 g/mol. The lowest BCUT2D eigenvalue weighted by Gasteiger charge is -2.07. The Kier molecular flexibility index (Phi) is 4.72. The number of hydrogen-bond acceptors (Lipinski definition) is 3. The Morgan fingerprint density at radius 1 is 1.38 bits per heavy atom. The summed E-state index contributed by atoms with van der Waals surface area (Å²) in [6.45, 7) is 2.15. The van der Waals surface area contributed by atoms with E-state index in [9.17, 15) is 4.79 Å². The third-order valence-electron chi connectivity index (χ3n) is 1.88. The van der Waals surface area contributed by atoms with E-state index in [0.29, 0.717) is 17.3 Å². The van der Waals surface area contributed by atoms with Gasteiger partial charge >= 0.3 is 5.97 Å². The van der Waals surface area contributed by atoms with Gasteiger partial charge in [0.1, 0.15) is 0 Å². The lowest BCUT2D eigenvalue weighted by Crippen LogP contribution is -2.24. The Balaban J connectivity index is 2.67. The molecule has 1 aromatic carbocycles. The van der Waals surface area contributed by atoms with Gasteiger partial charge in [-0.15, -0.1) is 0 Å². The molecule has 0 saturated carbocycles. The predicted molar refractivity (Wildman–Crippen MR) is 67.7 cm³/mol. The Labute approximate surface area is 100.0 Å². The maximum atomic E-state index is 11.4. The zero-order chi connectivity index (χ0) is 12.0. The highest BCUT2D eigenvalue weighted by atomic mass is 32.1. The van der Waals surface area contributed by atoms with Crippen molar-refractivity contribution in [2.75, 3.05) is 19.0 Å². The molecule has 0 aliphatic rings. The van der Waals surface area contributed by atoms with Crippen LogP contribution in [0.15, 0.2) is 24.3 Å². The topological polar surface area (TPSA) is 50.4 Å². The maximum absolute atomic E-state index is 11.4. The van der Waals surface area contributed by atoms with Crippen LogP contribution in [0.1, 0.15) is 17.3 Å². The lowest BCUT2D eigenvalue weighted by atomic mass is 10.2. The maximum Gasteiger partial charge on any atom is 0.338 e. The minimum Gasteiger partial charge on any atom is -0.462 e. The number of thiocarbonyl (C=S) groups is 1. The third-order valence-corrected chi connectivity index (χ3v) is 2.19. The fourth-order valence-corrected chi connectivity index (χ4v) is 1.22. The summed E-state index contributed by atoms with van der Waals surface area (Å²) in [6.07, 6.45) is 0. The molecule has 0 spiro atoms. The van der Waals surface area contributed by atoms with Crippen molar-refractivity contribution in [3.8, 4) is 0 Å². The zero-order valence-electron chi connectivity index (χ0n) is 9.24. The quantitative estimate of drug-likeness (QED) is 0.621. The van der Waals surface area contributed by atoms with Gasteiger partial charge in [-0.05, 0) is 43.4 Å². The van der Waals surface area contributed by atoms with E-state index in [-0.39, 0.29) is 5.97 Å². The second-order valence-corrected chi connectivity index (χ2v) is 3.41. The number of carbonyl (C=O) groups excluding carboxylic acids is 1. The first-order valence-corrected chi connectivity index (χ1v) is 5.34. The number of nitrogens with one attached hydrogen (secondary N) is 2. The molecule has 0 amide bonds. The van der Waals surface area contributed by atoms with Gasteiger partial charge in [-0.3, -0.25) is 0 Å².